The summed E-state index contributed by atoms with van der Waals surface area (Å²) in [4.78, 5) is 28.5. The van der Waals surface area contributed by atoms with Crippen molar-refractivity contribution in [3.05, 3.63) is 11.6 Å². The molecular formula is C12H11BrN2O3S. The van der Waals surface area contributed by atoms with Crippen molar-refractivity contribution in [3.63, 3.8) is 0 Å². The minimum Gasteiger partial charge on any atom is -0.461 e. The van der Waals surface area contributed by atoms with Crippen LogP contribution >= 0.6 is 27.3 Å². The number of nitrogens with zero attached hydrogens (tertiary/aromatic N) is 1. The quantitative estimate of drug-likeness (QED) is 0.655. The number of carbonyl (C=O) groups excluding carboxylic acids is 2. The number of esters is 1. The van der Waals surface area contributed by atoms with Crippen molar-refractivity contribution in [2.75, 3.05) is 5.32 Å². The summed E-state index contributed by atoms with van der Waals surface area (Å²) in [6.07, 6.45) is 2.51. The number of amides is 1. The monoisotopic (exact) mass is 342 g/mol. The van der Waals surface area contributed by atoms with Gasteiger partial charge in [0.1, 0.15) is 6.10 Å². The molecule has 1 aromatic heterocycles. The zero-order valence-electron chi connectivity index (χ0n) is 9.78. The van der Waals surface area contributed by atoms with Gasteiger partial charge >= 0.3 is 5.97 Å². The van der Waals surface area contributed by atoms with Crippen molar-refractivity contribution in [2.45, 2.75) is 17.4 Å². The zero-order chi connectivity index (χ0) is 13.1. The maximum absolute atomic E-state index is 12.4. The Kier molecular flexibility index (Phi) is 2.51. The lowest BCUT2D eigenvalue weighted by Gasteiger charge is -2.27. The Bertz CT molecular complexity index is 549. The predicted molar refractivity (Wildman–Crippen MR) is 71.9 cm³/mol. The number of thiazole rings is 1. The maximum atomic E-state index is 12.4. The second kappa shape index (κ2) is 4.02. The number of ether oxygens (including phenoxy) is 1. The summed E-state index contributed by atoms with van der Waals surface area (Å²) in [5.41, 5.74) is 0. The van der Waals surface area contributed by atoms with Gasteiger partial charge in [0, 0.05) is 17.5 Å². The third-order valence-corrected chi connectivity index (χ3v) is 6.38. The van der Waals surface area contributed by atoms with Crippen molar-refractivity contribution in [1.82, 2.24) is 4.98 Å². The van der Waals surface area contributed by atoms with E-state index in [0.717, 1.165) is 6.42 Å². The number of fused-ring (bicyclic) bond motifs is 1. The van der Waals surface area contributed by atoms with Crippen LogP contribution in [0.5, 0.6) is 0 Å². The van der Waals surface area contributed by atoms with Crippen molar-refractivity contribution < 1.29 is 14.3 Å². The molecule has 0 unspecified atom stereocenters. The fraction of sp³-hybridized carbons (Fsp3) is 0.583. The third-order valence-electron chi connectivity index (χ3n) is 4.49. The Morgan fingerprint density at radius 1 is 1.53 bits per heavy atom. The molecule has 2 aliphatic carbocycles. The van der Waals surface area contributed by atoms with Gasteiger partial charge in [-0.15, -0.1) is 11.3 Å². The van der Waals surface area contributed by atoms with Gasteiger partial charge in [-0.3, -0.25) is 9.59 Å². The molecule has 1 amide bonds. The first kappa shape index (κ1) is 11.8. The van der Waals surface area contributed by atoms with Gasteiger partial charge in [-0.05, 0) is 12.3 Å². The molecular weight excluding hydrogens is 332 g/mol. The van der Waals surface area contributed by atoms with E-state index in [1.165, 1.54) is 11.3 Å². The van der Waals surface area contributed by atoms with E-state index >= 15 is 0 Å². The lowest BCUT2D eigenvalue weighted by Crippen LogP contribution is -2.40. The lowest BCUT2D eigenvalue weighted by molar-refractivity contribution is -0.145. The first-order chi connectivity index (χ1) is 9.16. The number of rotatable bonds is 2. The van der Waals surface area contributed by atoms with Crippen molar-refractivity contribution >= 4 is 44.3 Å². The van der Waals surface area contributed by atoms with E-state index in [9.17, 15) is 9.59 Å². The number of nitrogens with one attached hydrogen (secondary N) is 1. The highest BCUT2D eigenvalue weighted by atomic mass is 79.9. The fourth-order valence-corrected chi connectivity index (χ4v) is 5.38. The van der Waals surface area contributed by atoms with E-state index in [2.05, 4.69) is 26.2 Å². The van der Waals surface area contributed by atoms with Gasteiger partial charge in [0.05, 0.1) is 16.7 Å². The number of hydrogen-bond acceptors (Lipinski definition) is 5. The van der Waals surface area contributed by atoms with Crippen LogP contribution in [0.25, 0.3) is 0 Å². The van der Waals surface area contributed by atoms with Crippen molar-refractivity contribution in [1.29, 1.82) is 0 Å². The maximum Gasteiger partial charge on any atom is 0.310 e. The molecule has 0 radical (unpaired) electrons. The minimum atomic E-state index is -0.287. The molecule has 1 aromatic rings. The molecule has 3 aliphatic rings. The van der Waals surface area contributed by atoms with Gasteiger partial charge in [-0.2, -0.15) is 0 Å². The van der Waals surface area contributed by atoms with Crippen LogP contribution in [0.3, 0.4) is 0 Å². The molecule has 100 valence electrons. The topological polar surface area (TPSA) is 68.3 Å². The molecule has 5 nitrogen and oxygen atoms in total. The molecule has 3 fully saturated rings. The summed E-state index contributed by atoms with van der Waals surface area (Å²) >= 11 is 4.97. The lowest BCUT2D eigenvalue weighted by atomic mass is 9.79. The molecule has 2 bridgehead atoms. The molecule has 1 N–H and O–H groups in total. The summed E-state index contributed by atoms with van der Waals surface area (Å²) in [6.45, 7) is 0. The number of alkyl halides is 1. The number of halogens is 1. The molecule has 4 rings (SSSR count). The first-order valence-corrected chi connectivity index (χ1v) is 8.01. The van der Waals surface area contributed by atoms with Crippen LogP contribution in [0, 0.1) is 23.7 Å². The second-order valence-electron chi connectivity index (χ2n) is 5.29. The number of carbonyl (C=O) groups is 2. The van der Waals surface area contributed by atoms with Gasteiger partial charge in [-0.25, -0.2) is 4.98 Å². The summed E-state index contributed by atoms with van der Waals surface area (Å²) in [5, 5.41) is 5.21. The summed E-state index contributed by atoms with van der Waals surface area (Å²) in [5.74, 6) is -0.471. The second-order valence-corrected chi connectivity index (χ2v) is 7.24. The van der Waals surface area contributed by atoms with E-state index in [1.54, 1.807) is 6.20 Å². The average molecular weight is 343 g/mol. The largest absolute Gasteiger partial charge is 0.461 e. The van der Waals surface area contributed by atoms with Crippen molar-refractivity contribution in [2.24, 2.45) is 23.7 Å². The zero-order valence-corrected chi connectivity index (χ0v) is 12.2. The normalized spacial score (nSPS) is 42.5. The Morgan fingerprint density at radius 3 is 3.11 bits per heavy atom. The molecule has 19 heavy (non-hydrogen) atoms. The average Bonchev–Trinajstić information content (AvgIpc) is 3.07. The minimum absolute atomic E-state index is 0.0357. The van der Waals surface area contributed by atoms with E-state index in [-0.39, 0.29) is 46.5 Å². The Morgan fingerprint density at radius 2 is 2.37 bits per heavy atom. The standard InChI is InChI=1S/C12H11BrN2O3S/c13-8-4-3-5-7(11(17)18-9(5)8)6(4)10(16)15-12-14-1-2-19-12/h1-2,4-9H,3H2,(H,14,15,16)/t4-,5-,6+,7+,8-,9+/m1/s1. The van der Waals surface area contributed by atoms with Gasteiger partial charge in [-0.1, -0.05) is 15.9 Å². The van der Waals surface area contributed by atoms with Crippen LogP contribution in [0.2, 0.25) is 0 Å². The molecule has 0 spiro atoms. The fourth-order valence-electron chi connectivity index (χ4n) is 3.80. The molecule has 0 aromatic carbocycles. The van der Waals surface area contributed by atoms with E-state index in [1.807, 2.05) is 5.38 Å². The van der Waals surface area contributed by atoms with Gasteiger partial charge in [0.15, 0.2) is 5.13 Å². The first-order valence-electron chi connectivity index (χ1n) is 6.22. The highest BCUT2D eigenvalue weighted by Gasteiger charge is 2.67. The summed E-state index contributed by atoms with van der Waals surface area (Å²) in [7, 11) is 0. The molecule has 1 saturated heterocycles. The van der Waals surface area contributed by atoms with Gasteiger partial charge < -0.3 is 10.1 Å². The van der Waals surface area contributed by atoms with Crippen LogP contribution in [0.4, 0.5) is 5.13 Å². The van der Waals surface area contributed by atoms with Gasteiger partial charge in [0.25, 0.3) is 0 Å². The Balaban J connectivity index is 1.61. The molecule has 2 heterocycles. The predicted octanol–water partition coefficient (Wildman–Crippen LogP) is 1.65. The SMILES string of the molecule is O=C(Nc1nccs1)[C@H]1[C@H]2C[C@H]3[C@H](OC(=O)[C@@H]31)[C@@H]2Br. The number of aromatic nitrogens is 1. The van der Waals surface area contributed by atoms with Crippen LogP contribution in [0.15, 0.2) is 11.6 Å². The molecule has 6 atom stereocenters. The van der Waals surface area contributed by atoms with Crippen LogP contribution in [0.1, 0.15) is 6.42 Å². The molecule has 1 aliphatic heterocycles. The summed E-state index contributed by atoms with van der Waals surface area (Å²) < 4.78 is 5.39. The van der Waals surface area contributed by atoms with E-state index < -0.39 is 0 Å². The van der Waals surface area contributed by atoms with Crippen LogP contribution in [-0.2, 0) is 14.3 Å². The highest BCUT2D eigenvalue weighted by molar-refractivity contribution is 9.09. The van der Waals surface area contributed by atoms with Crippen LogP contribution < -0.4 is 5.32 Å². The summed E-state index contributed by atoms with van der Waals surface area (Å²) in [6, 6.07) is 0. The number of hydrogen-bond donors (Lipinski definition) is 1. The van der Waals surface area contributed by atoms with Crippen LogP contribution in [-0.4, -0.2) is 27.8 Å². The molecule has 2 saturated carbocycles. The Hall–Kier alpha value is -0.950. The smallest absolute Gasteiger partial charge is 0.310 e. The third kappa shape index (κ3) is 1.54. The van der Waals surface area contributed by atoms with E-state index in [4.69, 9.17) is 4.74 Å². The van der Waals surface area contributed by atoms with Gasteiger partial charge in [0.2, 0.25) is 5.91 Å². The van der Waals surface area contributed by atoms with E-state index in [0.29, 0.717) is 5.13 Å². The molecule has 7 heteroatoms. The highest BCUT2D eigenvalue weighted by Crippen LogP contribution is 2.60. The number of anilines is 1. The Labute approximate surface area is 121 Å². The van der Waals surface area contributed by atoms with Crippen molar-refractivity contribution in [3.8, 4) is 0 Å².